The second kappa shape index (κ2) is 6.75. The first-order valence-electron chi connectivity index (χ1n) is 9.88. The molecule has 2 amide bonds. The average molecular weight is 412 g/mol. The monoisotopic (exact) mass is 411 g/mol. The molecule has 7 heteroatoms. The van der Waals surface area contributed by atoms with Gasteiger partial charge in [0.05, 0.1) is 23.7 Å². The summed E-state index contributed by atoms with van der Waals surface area (Å²) in [7, 11) is 1.60. The summed E-state index contributed by atoms with van der Waals surface area (Å²) in [5, 5.41) is 6.48. The van der Waals surface area contributed by atoms with Gasteiger partial charge in [-0.05, 0) is 56.1 Å². The predicted molar refractivity (Wildman–Crippen MR) is 111 cm³/mol. The third-order valence-corrected chi connectivity index (χ3v) is 6.84. The van der Waals surface area contributed by atoms with Crippen molar-refractivity contribution in [1.82, 2.24) is 4.90 Å². The lowest BCUT2D eigenvalue weighted by Gasteiger charge is -2.36. The molecule has 2 aromatic rings. The number of halogens is 1. The number of nitrogens with one attached hydrogen (secondary N) is 2. The third kappa shape index (κ3) is 2.59. The fourth-order valence-corrected chi connectivity index (χ4v) is 5.54. The zero-order valence-electron chi connectivity index (χ0n) is 16.1. The Kier molecular flexibility index (Phi) is 4.29. The first-order valence-corrected chi connectivity index (χ1v) is 10.3. The van der Waals surface area contributed by atoms with E-state index in [1.54, 1.807) is 37.4 Å². The number of para-hydroxylation sites is 1. The maximum Gasteiger partial charge on any atom is 0.250 e. The van der Waals surface area contributed by atoms with Gasteiger partial charge in [0.15, 0.2) is 0 Å². The molecule has 0 saturated carbocycles. The number of methoxy groups -OCH3 is 1. The molecule has 0 radical (unpaired) electrons. The fraction of sp³-hybridized carbons (Fsp3) is 0.364. The van der Waals surface area contributed by atoms with E-state index in [0.717, 1.165) is 30.7 Å². The van der Waals surface area contributed by atoms with Gasteiger partial charge in [0.2, 0.25) is 11.8 Å². The van der Waals surface area contributed by atoms with Crippen molar-refractivity contribution in [3.8, 4) is 5.75 Å². The molecule has 3 aliphatic heterocycles. The number of carbonyl (C=O) groups excluding carboxylic acids is 2. The van der Waals surface area contributed by atoms with Crippen molar-refractivity contribution in [2.24, 2.45) is 5.92 Å². The van der Waals surface area contributed by atoms with E-state index in [-0.39, 0.29) is 17.9 Å². The molecule has 2 N–H and O–H groups in total. The highest BCUT2D eigenvalue weighted by molar-refractivity contribution is 6.35. The molecular formula is C22H22ClN3O3. The molecule has 3 aliphatic rings. The lowest BCUT2D eigenvalue weighted by atomic mass is 9.78. The molecule has 2 saturated heterocycles. The van der Waals surface area contributed by atoms with Crippen molar-refractivity contribution in [3.63, 3.8) is 0 Å². The molecule has 1 spiro atoms. The minimum Gasteiger partial charge on any atom is -0.497 e. The number of ether oxygens (including phenoxy) is 1. The van der Waals surface area contributed by atoms with Gasteiger partial charge in [-0.15, -0.1) is 0 Å². The standard InChI is InChI=1S/C22H22ClN3O3/c1-29-15-9-7-13(8-10-15)24-20(27)17-12-14-4-3-11-26(14)22(17)16-5-2-6-18(23)19(16)25-21(22)28/h2,5-10,14,17H,3-4,11-12H2,1H3,(H,24,27)(H,25,28). The van der Waals surface area contributed by atoms with Gasteiger partial charge in [-0.2, -0.15) is 0 Å². The molecule has 29 heavy (non-hydrogen) atoms. The lowest BCUT2D eigenvalue weighted by molar-refractivity contribution is -0.135. The smallest absolute Gasteiger partial charge is 0.250 e. The molecule has 0 aromatic heterocycles. The molecule has 0 bridgehead atoms. The zero-order chi connectivity index (χ0) is 20.2. The summed E-state index contributed by atoms with van der Waals surface area (Å²) in [6.45, 7) is 0.802. The Morgan fingerprint density at radius 2 is 2.07 bits per heavy atom. The first-order chi connectivity index (χ1) is 14.1. The molecule has 5 rings (SSSR count). The van der Waals surface area contributed by atoms with E-state index in [2.05, 4.69) is 15.5 Å². The van der Waals surface area contributed by atoms with E-state index in [1.807, 2.05) is 12.1 Å². The van der Waals surface area contributed by atoms with Gasteiger partial charge in [0.25, 0.3) is 0 Å². The Morgan fingerprint density at radius 3 is 2.83 bits per heavy atom. The van der Waals surface area contributed by atoms with Crippen molar-refractivity contribution in [3.05, 3.63) is 53.1 Å². The molecule has 3 heterocycles. The summed E-state index contributed by atoms with van der Waals surface area (Å²) in [6, 6.07) is 13.0. The Hall–Kier alpha value is -2.57. The normalized spacial score (nSPS) is 27.6. The van der Waals surface area contributed by atoms with Crippen LogP contribution in [0, 0.1) is 5.92 Å². The summed E-state index contributed by atoms with van der Waals surface area (Å²) in [5.41, 5.74) is 1.13. The minimum atomic E-state index is -1.00. The van der Waals surface area contributed by atoms with Crippen LogP contribution in [-0.2, 0) is 15.1 Å². The number of hydrogen-bond donors (Lipinski definition) is 2. The number of fused-ring (bicyclic) bond motifs is 4. The fourth-order valence-electron chi connectivity index (χ4n) is 5.32. The van der Waals surface area contributed by atoms with Gasteiger partial charge in [-0.25, -0.2) is 0 Å². The zero-order valence-corrected chi connectivity index (χ0v) is 16.8. The maximum atomic E-state index is 13.4. The average Bonchev–Trinajstić information content (AvgIpc) is 3.38. The minimum absolute atomic E-state index is 0.146. The maximum absolute atomic E-state index is 13.4. The SMILES string of the molecule is COc1ccc(NC(=O)C2CC3CCCN3C23C(=O)Nc2c(Cl)cccc23)cc1. The van der Waals surface area contributed by atoms with Crippen LogP contribution in [0.4, 0.5) is 11.4 Å². The van der Waals surface area contributed by atoms with Crippen molar-refractivity contribution >= 4 is 34.8 Å². The van der Waals surface area contributed by atoms with E-state index in [9.17, 15) is 9.59 Å². The van der Waals surface area contributed by atoms with E-state index >= 15 is 0 Å². The lowest BCUT2D eigenvalue weighted by Crippen LogP contribution is -2.53. The summed E-state index contributed by atoms with van der Waals surface area (Å²) in [5.74, 6) is -0.0678. The molecule has 2 aromatic carbocycles. The Labute approximate surface area is 174 Å². The highest BCUT2D eigenvalue weighted by atomic mass is 35.5. The number of benzene rings is 2. The molecule has 3 atom stereocenters. The van der Waals surface area contributed by atoms with Gasteiger partial charge >= 0.3 is 0 Å². The highest BCUT2D eigenvalue weighted by Gasteiger charge is 2.65. The Bertz CT molecular complexity index is 993. The Balaban J connectivity index is 1.55. The van der Waals surface area contributed by atoms with Gasteiger partial charge in [0.1, 0.15) is 11.3 Å². The number of carbonyl (C=O) groups is 2. The van der Waals surface area contributed by atoms with Crippen LogP contribution in [-0.4, -0.2) is 36.4 Å². The van der Waals surface area contributed by atoms with Gasteiger partial charge in [-0.1, -0.05) is 23.7 Å². The molecule has 3 unspecified atom stereocenters. The summed E-state index contributed by atoms with van der Waals surface area (Å²) < 4.78 is 5.18. The van der Waals surface area contributed by atoms with Gasteiger partial charge in [0, 0.05) is 17.3 Å². The van der Waals surface area contributed by atoms with Crippen LogP contribution in [0.15, 0.2) is 42.5 Å². The van der Waals surface area contributed by atoms with Crippen LogP contribution in [0.25, 0.3) is 0 Å². The van der Waals surface area contributed by atoms with Crippen molar-refractivity contribution < 1.29 is 14.3 Å². The predicted octanol–water partition coefficient (Wildman–Crippen LogP) is 3.62. The summed E-state index contributed by atoms with van der Waals surface area (Å²) in [4.78, 5) is 29.0. The molecule has 6 nitrogen and oxygen atoms in total. The highest BCUT2D eigenvalue weighted by Crippen LogP contribution is 2.56. The van der Waals surface area contributed by atoms with Gasteiger partial charge < -0.3 is 15.4 Å². The number of nitrogens with zero attached hydrogens (tertiary/aromatic N) is 1. The first kappa shape index (κ1) is 18.5. The van der Waals surface area contributed by atoms with Crippen LogP contribution >= 0.6 is 11.6 Å². The van der Waals surface area contributed by atoms with Crippen LogP contribution in [0.1, 0.15) is 24.8 Å². The van der Waals surface area contributed by atoms with Crippen LogP contribution < -0.4 is 15.4 Å². The molecule has 150 valence electrons. The van der Waals surface area contributed by atoms with Crippen molar-refractivity contribution in [1.29, 1.82) is 0 Å². The largest absolute Gasteiger partial charge is 0.497 e. The number of amides is 2. The van der Waals surface area contributed by atoms with E-state index in [0.29, 0.717) is 22.8 Å². The quantitative estimate of drug-likeness (QED) is 0.809. The summed E-state index contributed by atoms with van der Waals surface area (Å²) >= 11 is 6.38. The molecule has 0 aliphatic carbocycles. The van der Waals surface area contributed by atoms with Crippen LogP contribution in [0.3, 0.4) is 0 Å². The second-order valence-electron chi connectivity index (χ2n) is 7.88. The number of rotatable bonds is 3. The van der Waals surface area contributed by atoms with E-state index < -0.39 is 11.5 Å². The van der Waals surface area contributed by atoms with Crippen LogP contribution in [0.2, 0.25) is 5.02 Å². The van der Waals surface area contributed by atoms with Gasteiger partial charge in [-0.3, -0.25) is 14.5 Å². The second-order valence-corrected chi connectivity index (χ2v) is 8.29. The molecular weight excluding hydrogens is 390 g/mol. The van der Waals surface area contributed by atoms with Crippen molar-refractivity contribution in [2.45, 2.75) is 30.8 Å². The number of anilines is 2. The Morgan fingerprint density at radius 1 is 1.28 bits per heavy atom. The van der Waals surface area contributed by atoms with Crippen LogP contribution in [0.5, 0.6) is 5.75 Å². The number of hydrogen-bond acceptors (Lipinski definition) is 4. The summed E-state index contributed by atoms with van der Waals surface area (Å²) in [6.07, 6.45) is 2.68. The molecule has 2 fully saturated rings. The van der Waals surface area contributed by atoms with E-state index in [4.69, 9.17) is 16.3 Å². The topological polar surface area (TPSA) is 70.7 Å². The third-order valence-electron chi connectivity index (χ3n) is 6.53. The van der Waals surface area contributed by atoms with E-state index in [1.165, 1.54) is 0 Å². The van der Waals surface area contributed by atoms with Crippen molar-refractivity contribution in [2.75, 3.05) is 24.3 Å².